The Morgan fingerprint density at radius 3 is 1.89 bits per heavy atom. The van der Waals surface area contributed by atoms with Gasteiger partial charge in [0.25, 0.3) is 0 Å². The zero-order chi connectivity index (χ0) is 25.2. The molecule has 0 spiro atoms. The average Bonchev–Trinajstić information content (AvgIpc) is 3.28. The topological polar surface area (TPSA) is 17.8 Å². The molecule has 0 radical (unpaired) electrons. The number of hydrogen-bond donors (Lipinski definition) is 0. The zero-order valence-electron chi connectivity index (χ0n) is 20.9. The SMILES string of the molecule is CC(F)C(Cl)C=CCB(c1ccccc1)c1ccccc1.Cc1cccc(C)c1-n1cncc1C. The number of hydrogen-bond acceptors (Lipinski definition) is 1. The Hall–Kier alpha value is -3.11. The van der Waals surface area contributed by atoms with Gasteiger partial charge in [0.05, 0.1) is 17.4 Å². The van der Waals surface area contributed by atoms with Gasteiger partial charge in [0.2, 0.25) is 6.71 Å². The minimum absolute atomic E-state index is 0.266. The Balaban J connectivity index is 0.000000211. The monoisotopic (exact) mass is 486 g/mol. The van der Waals surface area contributed by atoms with E-state index in [0.29, 0.717) is 0 Å². The van der Waals surface area contributed by atoms with Gasteiger partial charge in [-0.15, -0.1) is 11.6 Å². The average molecular weight is 487 g/mol. The number of rotatable bonds is 7. The summed E-state index contributed by atoms with van der Waals surface area (Å²) in [6.07, 6.45) is 7.26. The molecule has 0 fully saturated rings. The lowest BCUT2D eigenvalue weighted by Crippen LogP contribution is -2.41. The molecule has 0 saturated carbocycles. The summed E-state index contributed by atoms with van der Waals surface area (Å²) in [6, 6.07) is 27.1. The molecular weight excluding hydrogens is 454 g/mol. The molecule has 4 rings (SSSR count). The highest BCUT2D eigenvalue weighted by Gasteiger charge is 2.17. The fourth-order valence-electron chi connectivity index (χ4n) is 4.11. The minimum Gasteiger partial charge on any atom is -0.303 e. The summed E-state index contributed by atoms with van der Waals surface area (Å²) in [5.41, 5.74) is 7.50. The van der Waals surface area contributed by atoms with E-state index in [1.807, 2.05) is 55.0 Å². The number of imidazole rings is 1. The highest BCUT2D eigenvalue weighted by Crippen LogP contribution is 2.19. The summed E-state index contributed by atoms with van der Waals surface area (Å²) < 4.78 is 15.2. The molecule has 0 aliphatic rings. The summed E-state index contributed by atoms with van der Waals surface area (Å²) in [4.78, 5) is 4.14. The van der Waals surface area contributed by atoms with Crippen LogP contribution in [0.4, 0.5) is 4.39 Å². The number of alkyl halides is 2. The molecule has 0 N–H and O–H groups in total. The molecule has 35 heavy (non-hydrogen) atoms. The van der Waals surface area contributed by atoms with E-state index in [1.165, 1.54) is 40.4 Å². The number of allylic oxidation sites excluding steroid dienone is 2. The van der Waals surface area contributed by atoms with Crippen LogP contribution >= 0.6 is 11.6 Å². The highest BCUT2D eigenvalue weighted by molar-refractivity contribution is 6.85. The molecule has 2 nitrogen and oxygen atoms in total. The number of aryl methyl sites for hydroxylation is 3. The fourth-order valence-corrected chi connectivity index (χ4v) is 4.22. The molecule has 2 unspecified atom stereocenters. The second-order valence-electron chi connectivity index (χ2n) is 8.81. The first-order valence-corrected chi connectivity index (χ1v) is 12.4. The van der Waals surface area contributed by atoms with Gasteiger partial charge in [-0.05, 0) is 45.1 Å². The van der Waals surface area contributed by atoms with Crippen LogP contribution in [0.3, 0.4) is 0 Å². The number of para-hydroxylation sites is 1. The minimum atomic E-state index is -1.03. The molecular formula is C30H33BClFN2. The molecule has 4 aromatic rings. The maximum Gasteiger partial charge on any atom is 0.213 e. The van der Waals surface area contributed by atoms with Crippen LogP contribution < -0.4 is 10.9 Å². The lowest BCUT2D eigenvalue weighted by Gasteiger charge is -2.13. The number of nitrogens with zero attached hydrogens (tertiary/aromatic N) is 2. The molecule has 180 valence electrons. The Morgan fingerprint density at radius 1 is 0.886 bits per heavy atom. The summed E-state index contributed by atoms with van der Waals surface area (Å²) in [6.45, 7) is 8.07. The van der Waals surface area contributed by atoms with Crippen LogP contribution in [0.25, 0.3) is 5.69 Å². The number of aromatic nitrogens is 2. The summed E-state index contributed by atoms with van der Waals surface area (Å²) in [5, 5.41) is -0.558. The van der Waals surface area contributed by atoms with Gasteiger partial charge in [0.1, 0.15) is 6.17 Å². The molecule has 0 aliphatic heterocycles. The van der Waals surface area contributed by atoms with Gasteiger partial charge in [0, 0.05) is 11.9 Å². The van der Waals surface area contributed by atoms with Crippen molar-refractivity contribution in [1.29, 1.82) is 0 Å². The molecule has 1 aromatic heterocycles. The predicted molar refractivity (Wildman–Crippen MR) is 150 cm³/mol. The van der Waals surface area contributed by atoms with Crippen molar-refractivity contribution >= 4 is 29.2 Å². The maximum atomic E-state index is 13.1. The second kappa shape index (κ2) is 13.1. The van der Waals surface area contributed by atoms with Gasteiger partial charge in [-0.3, -0.25) is 0 Å². The third-order valence-corrected chi connectivity index (χ3v) is 6.53. The van der Waals surface area contributed by atoms with Gasteiger partial charge in [-0.2, -0.15) is 0 Å². The normalized spacial score (nSPS) is 12.6. The lowest BCUT2D eigenvalue weighted by atomic mass is 9.39. The standard InChI is InChI=1S/C18H19BClF.C12H14N2/c1-15(21)18(20)13-8-14-19(16-9-4-2-5-10-16)17-11-6-3-7-12-17;1-9-5-4-6-10(2)12(9)14-8-13-7-11(14)3/h2-13,15,18H,14H2,1H3;4-8H,1-3H3. The van der Waals surface area contributed by atoms with Gasteiger partial charge >= 0.3 is 0 Å². The van der Waals surface area contributed by atoms with Crippen LogP contribution in [0.2, 0.25) is 6.32 Å². The molecule has 0 aliphatic carbocycles. The van der Waals surface area contributed by atoms with Crippen LogP contribution in [0, 0.1) is 20.8 Å². The van der Waals surface area contributed by atoms with Crippen LogP contribution in [-0.2, 0) is 0 Å². The van der Waals surface area contributed by atoms with Gasteiger partial charge in [-0.1, -0.05) is 102 Å². The Kier molecular flexibility index (Phi) is 9.92. The van der Waals surface area contributed by atoms with E-state index in [-0.39, 0.29) is 6.71 Å². The summed E-state index contributed by atoms with van der Waals surface area (Å²) in [7, 11) is 0. The number of benzene rings is 3. The van der Waals surface area contributed by atoms with Crippen molar-refractivity contribution in [3.8, 4) is 5.69 Å². The fraction of sp³-hybridized carbons (Fsp3) is 0.233. The van der Waals surface area contributed by atoms with E-state index in [9.17, 15) is 4.39 Å². The first kappa shape index (κ1) is 26.5. The van der Waals surface area contributed by atoms with Gasteiger partial charge in [0.15, 0.2) is 0 Å². The third kappa shape index (κ3) is 7.44. The van der Waals surface area contributed by atoms with E-state index in [2.05, 4.69) is 72.8 Å². The molecule has 0 saturated heterocycles. The van der Waals surface area contributed by atoms with Crippen molar-refractivity contribution in [3.05, 3.63) is 120 Å². The Labute approximate surface area is 214 Å². The zero-order valence-corrected chi connectivity index (χ0v) is 21.7. The third-order valence-electron chi connectivity index (χ3n) is 6.04. The quantitative estimate of drug-likeness (QED) is 0.163. The first-order valence-electron chi connectivity index (χ1n) is 12.0. The first-order chi connectivity index (χ1) is 16.9. The predicted octanol–water partition coefficient (Wildman–Crippen LogP) is 6.61. The molecule has 3 aromatic carbocycles. The number of halogens is 2. The second-order valence-corrected chi connectivity index (χ2v) is 9.31. The van der Waals surface area contributed by atoms with E-state index >= 15 is 0 Å². The molecule has 5 heteroatoms. The summed E-state index contributed by atoms with van der Waals surface area (Å²) in [5.74, 6) is 0. The Bertz CT molecular complexity index is 1150. The van der Waals surface area contributed by atoms with E-state index in [4.69, 9.17) is 11.6 Å². The van der Waals surface area contributed by atoms with Crippen LogP contribution in [0.1, 0.15) is 23.7 Å². The molecule has 1 heterocycles. The van der Waals surface area contributed by atoms with E-state index < -0.39 is 11.5 Å². The van der Waals surface area contributed by atoms with Crippen molar-refractivity contribution < 1.29 is 4.39 Å². The van der Waals surface area contributed by atoms with Gasteiger partial charge < -0.3 is 4.57 Å². The van der Waals surface area contributed by atoms with Gasteiger partial charge in [-0.25, -0.2) is 9.37 Å². The van der Waals surface area contributed by atoms with Crippen molar-refractivity contribution in [2.24, 2.45) is 0 Å². The maximum absolute atomic E-state index is 13.1. The van der Waals surface area contributed by atoms with Crippen molar-refractivity contribution in [2.75, 3.05) is 0 Å². The van der Waals surface area contributed by atoms with Crippen molar-refractivity contribution in [2.45, 2.75) is 45.6 Å². The molecule has 2 atom stereocenters. The Morgan fingerprint density at radius 2 is 1.43 bits per heavy atom. The smallest absolute Gasteiger partial charge is 0.213 e. The van der Waals surface area contributed by atoms with Crippen molar-refractivity contribution in [1.82, 2.24) is 9.55 Å². The molecule has 0 amide bonds. The summed E-state index contributed by atoms with van der Waals surface area (Å²) >= 11 is 5.93. The van der Waals surface area contributed by atoms with Crippen LogP contribution in [0.5, 0.6) is 0 Å². The highest BCUT2D eigenvalue weighted by atomic mass is 35.5. The van der Waals surface area contributed by atoms with Crippen LogP contribution in [-0.4, -0.2) is 27.8 Å². The van der Waals surface area contributed by atoms with Crippen LogP contribution in [0.15, 0.2) is 104 Å². The largest absolute Gasteiger partial charge is 0.303 e. The van der Waals surface area contributed by atoms with E-state index in [1.54, 1.807) is 6.08 Å². The molecule has 0 bridgehead atoms. The lowest BCUT2D eigenvalue weighted by molar-refractivity contribution is 0.369. The van der Waals surface area contributed by atoms with Crippen molar-refractivity contribution in [3.63, 3.8) is 0 Å². The van der Waals surface area contributed by atoms with E-state index in [0.717, 1.165) is 6.32 Å².